The Morgan fingerprint density at radius 2 is 1.71 bits per heavy atom. The fourth-order valence-corrected chi connectivity index (χ4v) is 3.63. The highest BCUT2D eigenvalue weighted by Crippen LogP contribution is 2.28. The van der Waals surface area contributed by atoms with Crippen molar-refractivity contribution in [3.63, 3.8) is 0 Å². The van der Waals surface area contributed by atoms with Crippen LogP contribution in [0.25, 0.3) is 0 Å². The molecule has 168 valence electrons. The van der Waals surface area contributed by atoms with Crippen molar-refractivity contribution >= 4 is 41.6 Å². The van der Waals surface area contributed by atoms with Crippen LogP contribution in [-0.4, -0.2) is 70.8 Å². The van der Waals surface area contributed by atoms with Crippen molar-refractivity contribution < 1.29 is 14.3 Å². The Bertz CT molecular complexity index is 865. The highest BCUT2D eigenvalue weighted by atomic mass is 127. The molecule has 0 unspecified atom stereocenters. The number of carbonyl (C=O) groups excluding carboxylic acids is 1. The summed E-state index contributed by atoms with van der Waals surface area (Å²) in [4.78, 5) is 20.6. The summed E-state index contributed by atoms with van der Waals surface area (Å²) in [5.74, 6) is 1.51. The summed E-state index contributed by atoms with van der Waals surface area (Å²) in [7, 11) is 4.92. The number of ether oxygens (including phenoxy) is 2. The molecule has 2 aromatic carbocycles. The van der Waals surface area contributed by atoms with Gasteiger partial charge in [0.25, 0.3) is 0 Å². The van der Waals surface area contributed by atoms with E-state index in [-0.39, 0.29) is 29.9 Å². The van der Waals surface area contributed by atoms with Crippen molar-refractivity contribution in [2.45, 2.75) is 6.42 Å². The number of para-hydroxylation sites is 2. The first-order valence-corrected chi connectivity index (χ1v) is 10.2. The number of aliphatic imine (C=N–C) groups is 1. The number of halogens is 1. The molecule has 0 amide bonds. The molecule has 1 aliphatic rings. The van der Waals surface area contributed by atoms with E-state index < -0.39 is 0 Å². The Morgan fingerprint density at radius 3 is 2.32 bits per heavy atom. The van der Waals surface area contributed by atoms with Crippen molar-refractivity contribution in [2.75, 3.05) is 58.9 Å². The zero-order chi connectivity index (χ0) is 21.3. The molecule has 0 radical (unpaired) electrons. The van der Waals surface area contributed by atoms with Gasteiger partial charge < -0.3 is 24.6 Å². The van der Waals surface area contributed by atoms with Gasteiger partial charge in [0.15, 0.2) is 5.96 Å². The molecule has 1 saturated heterocycles. The molecule has 8 heteroatoms. The lowest BCUT2D eigenvalue weighted by Crippen LogP contribution is -2.52. The van der Waals surface area contributed by atoms with E-state index in [0.29, 0.717) is 5.56 Å². The third kappa shape index (κ3) is 6.49. The average molecular weight is 538 g/mol. The monoisotopic (exact) mass is 538 g/mol. The maximum Gasteiger partial charge on any atom is 0.337 e. The van der Waals surface area contributed by atoms with Crippen LogP contribution in [-0.2, 0) is 11.2 Å². The first kappa shape index (κ1) is 24.8. The Kier molecular flexibility index (Phi) is 9.90. The van der Waals surface area contributed by atoms with Gasteiger partial charge in [-0.05, 0) is 36.2 Å². The van der Waals surface area contributed by atoms with Gasteiger partial charge in [0.2, 0.25) is 0 Å². The molecule has 0 bridgehead atoms. The predicted octanol–water partition coefficient (Wildman–Crippen LogP) is 3.04. The minimum atomic E-state index is -0.313. The third-order valence-corrected chi connectivity index (χ3v) is 5.29. The van der Waals surface area contributed by atoms with Crippen LogP contribution in [0.3, 0.4) is 0 Å². The SMILES string of the molecule is CN=C(NCCc1ccc(C(=O)OC)cc1)N1CCN(c2ccccc2OC)CC1.I. The summed E-state index contributed by atoms with van der Waals surface area (Å²) < 4.78 is 10.2. The molecular formula is C23H31IN4O3. The van der Waals surface area contributed by atoms with Gasteiger partial charge in [0, 0.05) is 39.8 Å². The van der Waals surface area contributed by atoms with E-state index in [1.165, 1.54) is 7.11 Å². The number of guanidine groups is 1. The number of hydrogen-bond acceptors (Lipinski definition) is 5. The fraction of sp³-hybridized carbons (Fsp3) is 0.391. The summed E-state index contributed by atoms with van der Waals surface area (Å²) in [5, 5.41) is 3.45. The summed E-state index contributed by atoms with van der Waals surface area (Å²) in [6, 6.07) is 15.7. The van der Waals surface area contributed by atoms with Crippen LogP contribution in [0, 0.1) is 0 Å². The first-order valence-electron chi connectivity index (χ1n) is 10.2. The molecule has 0 aliphatic carbocycles. The van der Waals surface area contributed by atoms with E-state index in [2.05, 4.69) is 26.2 Å². The first-order chi connectivity index (χ1) is 14.7. The van der Waals surface area contributed by atoms with Gasteiger partial charge in [-0.1, -0.05) is 24.3 Å². The van der Waals surface area contributed by atoms with Crippen LogP contribution in [0.15, 0.2) is 53.5 Å². The Labute approximate surface area is 201 Å². The molecule has 0 saturated carbocycles. The Hall–Kier alpha value is -2.49. The van der Waals surface area contributed by atoms with Crippen molar-refractivity contribution in [1.82, 2.24) is 10.2 Å². The smallest absolute Gasteiger partial charge is 0.337 e. The molecule has 2 aromatic rings. The molecule has 1 N–H and O–H groups in total. The molecular weight excluding hydrogens is 507 g/mol. The summed E-state index contributed by atoms with van der Waals surface area (Å²) in [6.07, 6.45) is 0.849. The Balaban J connectivity index is 0.00000341. The lowest BCUT2D eigenvalue weighted by atomic mass is 10.1. The Morgan fingerprint density at radius 1 is 1.03 bits per heavy atom. The van der Waals surface area contributed by atoms with Gasteiger partial charge in [0.05, 0.1) is 25.5 Å². The molecule has 3 rings (SSSR count). The van der Waals surface area contributed by atoms with Crippen LogP contribution < -0.4 is 15.0 Å². The van der Waals surface area contributed by atoms with Gasteiger partial charge in [0.1, 0.15) is 5.75 Å². The quantitative estimate of drug-likeness (QED) is 0.264. The second kappa shape index (κ2) is 12.4. The van der Waals surface area contributed by atoms with Gasteiger partial charge in [-0.2, -0.15) is 0 Å². The van der Waals surface area contributed by atoms with Gasteiger partial charge in [-0.15, -0.1) is 24.0 Å². The van der Waals surface area contributed by atoms with Crippen molar-refractivity contribution in [2.24, 2.45) is 4.99 Å². The second-order valence-electron chi connectivity index (χ2n) is 7.06. The van der Waals surface area contributed by atoms with E-state index in [1.807, 2.05) is 37.4 Å². The normalized spacial score (nSPS) is 14.0. The summed E-state index contributed by atoms with van der Waals surface area (Å²) >= 11 is 0. The van der Waals surface area contributed by atoms with E-state index in [9.17, 15) is 4.79 Å². The standard InChI is InChI=1S/C23H30N4O3.HI/c1-24-23(25-13-12-18-8-10-19(11-9-18)22(28)30-3)27-16-14-26(15-17-27)20-6-4-5-7-21(20)29-2;/h4-11H,12-17H2,1-3H3,(H,24,25);1H. The number of anilines is 1. The van der Waals surface area contributed by atoms with E-state index >= 15 is 0 Å². The van der Waals surface area contributed by atoms with Gasteiger partial charge in [-0.25, -0.2) is 4.79 Å². The molecule has 1 aliphatic heterocycles. The third-order valence-electron chi connectivity index (χ3n) is 5.29. The highest BCUT2D eigenvalue weighted by molar-refractivity contribution is 14.0. The second-order valence-corrected chi connectivity index (χ2v) is 7.06. The lowest BCUT2D eigenvalue weighted by Gasteiger charge is -2.38. The molecule has 0 spiro atoms. The summed E-state index contributed by atoms with van der Waals surface area (Å²) in [5.41, 5.74) is 2.86. The van der Waals surface area contributed by atoms with Crippen molar-refractivity contribution in [3.05, 3.63) is 59.7 Å². The highest BCUT2D eigenvalue weighted by Gasteiger charge is 2.21. The minimum absolute atomic E-state index is 0. The van der Waals surface area contributed by atoms with Crippen molar-refractivity contribution in [3.8, 4) is 5.75 Å². The number of benzene rings is 2. The number of carbonyl (C=O) groups is 1. The number of nitrogens with one attached hydrogen (secondary N) is 1. The number of hydrogen-bond donors (Lipinski definition) is 1. The van der Waals surface area contributed by atoms with Crippen LogP contribution in [0.1, 0.15) is 15.9 Å². The van der Waals surface area contributed by atoms with E-state index in [1.54, 1.807) is 19.2 Å². The molecule has 0 atom stereocenters. The zero-order valence-electron chi connectivity index (χ0n) is 18.3. The van der Waals surface area contributed by atoms with Crippen molar-refractivity contribution in [1.29, 1.82) is 0 Å². The average Bonchev–Trinajstić information content (AvgIpc) is 2.82. The topological polar surface area (TPSA) is 66.4 Å². The van der Waals surface area contributed by atoms with E-state index in [0.717, 1.165) is 62.1 Å². The number of methoxy groups -OCH3 is 2. The van der Waals surface area contributed by atoms with Crippen LogP contribution in [0.2, 0.25) is 0 Å². The van der Waals surface area contributed by atoms with E-state index in [4.69, 9.17) is 9.47 Å². The van der Waals surface area contributed by atoms with Crippen LogP contribution in [0.5, 0.6) is 5.75 Å². The maximum absolute atomic E-state index is 11.5. The van der Waals surface area contributed by atoms with Gasteiger partial charge >= 0.3 is 5.97 Å². The fourth-order valence-electron chi connectivity index (χ4n) is 3.63. The molecule has 1 heterocycles. The lowest BCUT2D eigenvalue weighted by molar-refractivity contribution is 0.0600. The number of esters is 1. The largest absolute Gasteiger partial charge is 0.495 e. The van der Waals surface area contributed by atoms with Crippen LogP contribution in [0.4, 0.5) is 5.69 Å². The number of nitrogens with zero attached hydrogens (tertiary/aromatic N) is 3. The maximum atomic E-state index is 11.5. The van der Waals surface area contributed by atoms with Crippen LogP contribution >= 0.6 is 24.0 Å². The molecule has 31 heavy (non-hydrogen) atoms. The number of rotatable bonds is 6. The zero-order valence-corrected chi connectivity index (χ0v) is 20.7. The summed E-state index contributed by atoms with van der Waals surface area (Å²) in [6.45, 7) is 4.39. The minimum Gasteiger partial charge on any atom is -0.495 e. The molecule has 1 fully saturated rings. The molecule has 0 aromatic heterocycles. The molecule has 7 nitrogen and oxygen atoms in total. The predicted molar refractivity (Wildman–Crippen MR) is 135 cm³/mol. The van der Waals surface area contributed by atoms with Gasteiger partial charge in [-0.3, -0.25) is 4.99 Å². The number of piperazine rings is 1.